The highest BCUT2D eigenvalue weighted by atomic mass is 19.2. The first-order chi connectivity index (χ1) is 20.4. The lowest BCUT2D eigenvalue weighted by molar-refractivity contribution is -0.146. The molecule has 1 atom stereocenters. The van der Waals surface area contributed by atoms with Crippen LogP contribution in [0.5, 0.6) is 5.75 Å². The van der Waals surface area contributed by atoms with Gasteiger partial charge in [0.25, 0.3) is 5.91 Å². The molecule has 0 aliphatic carbocycles. The van der Waals surface area contributed by atoms with E-state index in [4.69, 9.17) is 14.2 Å². The Labute approximate surface area is 244 Å². The van der Waals surface area contributed by atoms with E-state index < -0.39 is 71.8 Å². The molecule has 0 bridgehead atoms. The third-order valence-corrected chi connectivity index (χ3v) is 5.68. The number of rotatable bonds is 13. The molecule has 0 aliphatic rings. The maximum atomic E-state index is 13.9. The smallest absolute Gasteiger partial charge is 0.411 e. The largest absolute Gasteiger partial charge is 0.479 e. The molecule has 0 fully saturated rings. The van der Waals surface area contributed by atoms with Crippen LogP contribution in [0.4, 0.5) is 28.0 Å². The van der Waals surface area contributed by atoms with Gasteiger partial charge in [-0.25, -0.2) is 13.6 Å². The van der Waals surface area contributed by atoms with E-state index in [0.29, 0.717) is 5.69 Å². The number of hydrogen-bond acceptors (Lipinski definition) is 7. The highest BCUT2D eigenvalue weighted by Crippen LogP contribution is 2.26. The van der Waals surface area contributed by atoms with Gasteiger partial charge < -0.3 is 19.5 Å². The standard InChI is InChI=1S/C30H28F4N2O7/c1-17(2)14-41-25(38)13-23(24(37)16-42-28-26(33)21(31)12-22(32)27(28)34)36-29(39)19-8-10-20(11-9-19)35-30(40)43-15-18-6-4-3-5-7-18/h3-12,17,23H,13-16H2,1-2H3,(H,35,40)(H,36,39)/t23-/m0/s1. The summed E-state index contributed by atoms with van der Waals surface area (Å²) in [4.78, 5) is 50.1. The molecule has 0 aromatic heterocycles. The summed E-state index contributed by atoms with van der Waals surface area (Å²) in [5.41, 5.74) is 1.09. The number of anilines is 1. The lowest BCUT2D eigenvalue weighted by Gasteiger charge is -2.18. The number of carbonyl (C=O) groups excluding carboxylic acids is 4. The zero-order chi connectivity index (χ0) is 31.5. The van der Waals surface area contributed by atoms with Gasteiger partial charge in [-0.1, -0.05) is 44.2 Å². The molecule has 0 aliphatic heterocycles. The number of ether oxygens (including phenoxy) is 3. The molecule has 43 heavy (non-hydrogen) atoms. The Morgan fingerprint density at radius 3 is 2.07 bits per heavy atom. The Morgan fingerprint density at radius 1 is 0.837 bits per heavy atom. The Balaban J connectivity index is 1.65. The van der Waals surface area contributed by atoms with E-state index >= 15 is 0 Å². The average molecular weight is 605 g/mol. The molecule has 2 amide bonds. The molecule has 13 heteroatoms. The van der Waals surface area contributed by atoms with Crippen molar-refractivity contribution in [1.29, 1.82) is 0 Å². The van der Waals surface area contributed by atoms with E-state index in [1.165, 1.54) is 24.3 Å². The molecule has 9 nitrogen and oxygen atoms in total. The fraction of sp³-hybridized carbons (Fsp3) is 0.267. The Kier molecular flexibility index (Phi) is 11.6. The third kappa shape index (κ3) is 9.83. The summed E-state index contributed by atoms with van der Waals surface area (Å²) in [5.74, 6) is -11.5. The molecule has 0 spiro atoms. The van der Waals surface area contributed by atoms with E-state index in [1.54, 1.807) is 38.1 Å². The fourth-order valence-electron chi connectivity index (χ4n) is 3.48. The summed E-state index contributed by atoms with van der Waals surface area (Å²) < 4.78 is 69.8. The van der Waals surface area contributed by atoms with Crippen LogP contribution in [0.25, 0.3) is 0 Å². The third-order valence-electron chi connectivity index (χ3n) is 5.68. The van der Waals surface area contributed by atoms with E-state index in [0.717, 1.165) is 5.56 Å². The molecule has 0 heterocycles. The Bertz CT molecular complexity index is 1420. The number of ketones is 1. The zero-order valence-corrected chi connectivity index (χ0v) is 23.1. The molecule has 2 N–H and O–H groups in total. The molecule has 3 rings (SSSR count). The predicted octanol–water partition coefficient (Wildman–Crippen LogP) is 5.33. The molecular formula is C30H28F4N2O7. The summed E-state index contributed by atoms with van der Waals surface area (Å²) in [7, 11) is 0. The van der Waals surface area contributed by atoms with E-state index in [2.05, 4.69) is 10.6 Å². The number of Topliss-reactive ketones (excluding diaryl/α,β-unsaturated/α-hetero) is 1. The molecule has 228 valence electrons. The van der Waals surface area contributed by atoms with Crippen LogP contribution in [-0.2, 0) is 25.7 Å². The molecule has 0 unspecified atom stereocenters. The Morgan fingerprint density at radius 2 is 1.47 bits per heavy atom. The number of nitrogens with one attached hydrogen (secondary N) is 2. The quantitative estimate of drug-likeness (QED) is 0.154. The van der Waals surface area contributed by atoms with Crippen molar-refractivity contribution in [1.82, 2.24) is 5.32 Å². The average Bonchev–Trinajstić information content (AvgIpc) is 2.98. The normalized spacial score (nSPS) is 11.4. The number of hydrogen-bond donors (Lipinski definition) is 2. The van der Waals surface area contributed by atoms with Crippen molar-refractivity contribution in [2.75, 3.05) is 18.5 Å². The number of carbonyl (C=O) groups is 4. The zero-order valence-electron chi connectivity index (χ0n) is 23.1. The van der Waals surface area contributed by atoms with Crippen LogP contribution in [0.15, 0.2) is 60.7 Å². The molecular weight excluding hydrogens is 576 g/mol. The highest BCUT2D eigenvalue weighted by molar-refractivity contribution is 6.00. The van der Waals surface area contributed by atoms with Crippen LogP contribution >= 0.6 is 0 Å². The van der Waals surface area contributed by atoms with Gasteiger partial charge in [-0.15, -0.1) is 0 Å². The fourth-order valence-corrected chi connectivity index (χ4v) is 3.48. The van der Waals surface area contributed by atoms with Crippen molar-refractivity contribution in [3.8, 4) is 5.75 Å². The van der Waals surface area contributed by atoms with E-state index in [-0.39, 0.29) is 30.8 Å². The summed E-state index contributed by atoms with van der Waals surface area (Å²) in [6.45, 7) is 2.46. The summed E-state index contributed by atoms with van der Waals surface area (Å²) in [6.07, 6.45) is -1.41. The van der Waals surface area contributed by atoms with Gasteiger partial charge in [0.1, 0.15) is 19.3 Å². The van der Waals surface area contributed by atoms with Crippen LogP contribution < -0.4 is 15.4 Å². The molecule has 3 aromatic carbocycles. The van der Waals surface area contributed by atoms with Gasteiger partial charge >= 0.3 is 12.1 Å². The first-order valence-corrected chi connectivity index (χ1v) is 13.0. The minimum atomic E-state index is -1.86. The minimum Gasteiger partial charge on any atom is -0.479 e. The number of esters is 1. The van der Waals surface area contributed by atoms with Gasteiger partial charge in [0.2, 0.25) is 11.6 Å². The SMILES string of the molecule is CC(C)COC(=O)C[C@H](NC(=O)c1ccc(NC(=O)OCc2ccccc2)cc1)C(=O)COc1c(F)c(F)cc(F)c1F. The van der Waals surface area contributed by atoms with Crippen LogP contribution in [0.2, 0.25) is 0 Å². The summed E-state index contributed by atoms with van der Waals surface area (Å²) >= 11 is 0. The number of benzene rings is 3. The van der Waals surface area contributed by atoms with Crippen molar-refractivity contribution in [3.05, 3.63) is 95.1 Å². The molecule has 3 aromatic rings. The lowest BCUT2D eigenvalue weighted by atomic mass is 10.1. The van der Waals surface area contributed by atoms with Crippen LogP contribution in [0.3, 0.4) is 0 Å². The van der Waals surface area contributed by atoms with Crippen LogP contribution in [0.1, 0.15) is 36.2 Å². The maximum Gasteiger partial charge on any atom is 0.411 e. The van der Waals surface area contributed by atoms with Gasteiger partial charge in [-0.3, -0.25) is 19.7 Å². The van der Waals surface area contributed by atoms with Crippen LogP contribution in [0, 0.1) is 29.2 Å². The van der Waals surface area contributed by atoms with Gasteiger partial charge in [0, 0.05) is 17.3 Å². The van der Waals surface area contributed by atoms with E-state index in [9.17, 15) is 36.7 Å². The first-order valence-electron chi connectivity index (χ1n) is 13.0. The van der Waals surface area contributed by atoms with Gasteiger partial charge in [0.05, 0.1) is 13.0 Å². The monoisotopic (exact) mass is 604 g/mol. The topological polar surface area (TPSA) is 120 Å². The van der Waals surface area contributed by atoms with Gasteiger partial charge in [0.15, 0.2) is 23.2 Å². The van der Waals surface area contributed by atoms with E-state index in [1.807, 2.05) is 6.07 Å². The second-order valence-corrected chi connectivity index (χ2v) is 9.62. The highest BCUT2D eigenvalue weighted by Gasteiger charge is 2.28. The first kappa shape index (κ1) is 32.6. The minimum absolute atomic E-state index is 0.0155. The predicted molar refractivity (Wildman–Crippen MR) is 145 cm³/mol. The van der Waals surface area contributed by atoms with Crippen molar-refractivity contribution in [3.63, 3.8) is 0 Å². The Hall–Kier alpha value is -4.94. The van der Waals surface area contributed by atoms with Crippen molar-refractivity contribution < 1.29 is 51.0 Å². The molecule has 0 saturated heterocycles. The number of halogens is 4. The van der Waals surface area contributed by atoms with Crippen molar-refractivity contribution >= 4 is 29.4 Å². The van der Waals surface area contributed by atoms with Gasteiger partial charge in [-0.2, -0.15) is 8.78 Å². The molecule has 0 saturated carbocycles. The second-order valence-electron chi connectivity index (χ2n) is 9.62. The van der Waals surface area contributed by atoms with Crippen LogP contribution in [-0.4, -0.2) is 43.0 Å². The summed E-state index contributed by atoms with van der Waals surface area (Å²) in [5, 5.41) is 4.82. The number of amides is 2. The second kappa shape index (κ2) is 15.3. The molecule has 0 radical (unpaired) electrons. The summed E-state index contributed by atoms with van der Waals surface area (Å²) in [6, 6.07) is 12.8. The van der Waals surface area contributed by atoms with Crippen molar-refractivity contribution in [2.45, 2.75) is 32.9 Å². The lowest BCUT2D eigenvalue weighted by Crippen LogP contribution is -2.44. The maximum absolute atomic E-state index is 13.9. The van der Waals surface area contributed by atoms with Crippen molar-refractivity contribution in [2.24, 2.45) is 5.92 Å². The van der Waals surface area contributed by atoms with Gasteiger partial charge in [-0.05, 0) is 35.7 Å².